The van der Waals surface area contributed by atoms with Crippen LogP contribution in [0, 0.1) is 0 Å². The van der Waals surface area contributed by atoms with E-state index in [0.717, 1.165) is 0 Å². The van der Waals surface area contributed by atoms with Gasteiger partial charge in [0.05, 0.1) is 16.5 Å². The minimum atomic E-state index is -0.737. The second-order valence-corrected chi connectivity index (χ2v) is 6.01. The summed E-state index contributed by atoms with van der Waals surface area (Å²) >= 11 is 1.32. The summed E-state index contributed by atoms with van der Waals surface area (Å²) in [4.78, 5) is 24.3. The van der Waals surface area contributed by atoms with Gasteiger partial charge in [0.25, 0.3) is 5.91 Å². The highest BCUT2D eigenvalue weighted by Crippen LogP contribution is 2.10. The van der Waals surface area contributed by atoms with Crippen LogP contribution >= 0.6 is 11.3 Å². The molecule has 19 heavy (non-hydrogen) atoms. The molecular weight excluding hydrogens is 264 g/mol. The van der Waals surface area contributed by atoms with Crippen LogP contribution in [0.25, 0.3) is 0 Å². The Kier molecular flexibility index (Phi) is 5.08. The van der Waals surface area contributed by atoms with Crippen molar-refractivity contribution >= 4 is 23.2 Å². The number of hydrogen-bond acceptors (Lipinski definition) is 4. The highest BCUT2D eigenvalue weighted by molar-refractivity contribution is 7.12. The van der Waals surface area contributed by atoms with Crippen molar-refractivity contribution in [2.75, 3.05) is 0 Å². The van der Waals surface area contributed by atoms with Gasteiger partial charge < -0.3 is 15.7 Å². The predicted molar refractivity (Wildman–Crippen MR) is 75.1 cm³/mol. The molecule has 6 heteroatoms. The lowest BCUT2D eigenvalue weighted by atomic mass is 9.98. The maximum Gasteiger partial charge on any atom is 0.261 e. The number of hydrogen-bond donors (Lipinski definition) is 3. The molecule has 1 rings (SSSR count). The molecule has 0 saturated heterocycles. The topological polar surface area (TPSA) is 78.4 Å². The van der Waals surface area contributed by atoms with Gasteiger partial charge in [0.15, 0.2) is 0 Å². The molecule has 0 bridgehead atoms. The van der Waals surface area contributed by atoms with Gasteiger partial charge in [-0.25, -0.2) is 0 Å². The van der Waals surface area contributed by atoms with E-state index in [9.17, 15) is 14.7 Å². The number of rotatable bonds is 5. The highest BCUT2D eigenvalue weighted by Gasteiger charge is 2.28. The van der Waals surface area contributed by atoms with Crippen molar-refractivity contribution in [3.63, 3.8) is 0 Å². The first-order chi connectivity index (χ1) is 8.74. The SMILES string of the molecule is CC(NC(=O)c1cccs1)C(=O)NC(C)(C)C(C)O. The van der Waals surface area contributed by atoms with Crippen molar-refractivity contribution in [2.24, 2.45) is 0 Å². The van der Waals surface area contributed by atoms with Crippen LogP contribution in [0.1, 0.15) is 37.4 Å². The predicted octanol–water partition coefficient (Wildman–Crippen LogP) is 1.14. The van der Waals surface area contributed by atoms with Gasteiger partial charge in [0.1, 0.15) is 6.04 Å². The molecule has 2 atom stereocenters. The monoisotopic (exact) mass is 284 g/mol. The van der Waals surface area contributed by atoms with Gasteiger partial charge in [0, 0.05) is 0 Å². The molecule has 0 fully saturated rings. The van der Waals surface area contributed by atoms with Crippen molar-refractivity contribution < 1.29 is 14.7 Å². The molecule has 5 nitrogen and oxygen atoms in total. The zero-order chi connectivity index (χ0) is 14.6. The molecule has 2 unspecified atom stereocenters. The van der Waals surface area contributed by atoms with E-state index < -0.39 is 17.7 Å². The van der Waals surface area contributed by atoms with E-state index in [1.807, 2.05) is 0 Å². The Hall–Kier alpha value is -1.40. The number of thiophene rings is 1. The third-order valence-corrected chi connectivity index (χ3v) is 3.84. The zero-order valence-corrected chi connectivity index (χ0v) is 12.4. The maximum atomic E-state index is 11.9. The van der Waals surface area contributed by atoms with E-state index in [1.165, 1.54) is 11.3 Å². The van der Waals surface area contributed by atoms with Crippen molar-refractivity contribution in [2.45, 2.75) is 45.4 Å². The van der Waals surface area contributed by atoms with Gasteiger partial charge in [-0.2, -0.15) is 0 Å². The standard InChI is InChI=1S/C13H20N2O3S/c1-8(11(17)15-13(3,4)9(2)16)14-12(18)10-6-5-7-19-10/h5-9,16H,1-4H3,(H,14,18)(H,15,17). The van der Waals surface area contributed by atoms with Crippen molar-refractivity contribution in [1.82, 2.24) is 10.6 Å². The van der Waals surface area contributed by atoms with Crippen molar-refractivity contribution in [1.29, 1.82) is 0 Å². The average Bonchev–Trinajstić information content (AvgIpc) is 2.81. The van der Waals surface area contributed by atoms with Crippen LogP contribution in [0.5, 0.6) is 0 Å². The molecule has 1 heterocycles. The number of carbonyl (C=O) groups excluding carboxylic acids is 2. The van der Waals surface area contributed by atoms with Crippen LogP contribution in [0.4, 0.5) is 0 Å². The molecule has 0 aliphatic carbocycles. The Morgan fingerprint density at radius 3 is 2.47 bits per heavy atom. The van der Waals surface area contributed by atoms with Crippen LogP contribution in [0.2, 0.25) is 0 Å². The first kappa shape index (κ1) is 15.7. The van der Waals surface area contributed by atoms with E-state index in [-0.39, 0.29) is 11.8 Å². The minimum Gasteiger partial charge on any atom is -0.391 e. The van der Waals surface area contributed by atoms with E-state index in [4.69, 9.17) is 0 Å². The fraction of sp³-hybridized carbons (Fsp3) is 0.538. The van der Waals surface area contributed by atoms with Gasteiger partial charge in [0.2, 0.25) is 5.91 Å². The molecule has 1 aromatic heterocycles. The number of amides is 2. The van der Waals surface area contributed by atoms with Crippen LogP contribution in [-0.4, -0.2) is 34.6 Å². The molecule has 3 N–H and O–H groups in total. The fourth-order valence-corrected chi connectivity index (χ4v) is 1.90. The fourth-order valence-electron chi connectivity index (χ4n) is 1.27. The summed E-state index contributed by atoms with van der Waals surface area (Å²) in [6.07, 6.45) is -0.684. The van der Waals surface area contributed by atoms with Crippen molar-refractivity contribution in [3.05, 3.63) is 22.4 Å². The second-order valence-electron chi connectivity index (χ2n) is 5.06. The third-order valence-electron chi connectivity index (χ3n) is 2.98. The van der Waals surface area contributed by atoms with E-state index in [1.54, 1.807) is 45.2 Å². The molecule has 1 aromatic rings. The Morgan fingerprint density at radius 1 is 1.37 bits per heavy atom. The van der Waals surface area contributed by atoms with Crippen LogP contribution in [-0.2, 0) is 4.79 Å². The minimum absolute atomic E-state index is 0.271. The van der Waals surface area contributed by atoms with Gasteiger partial charge >= 0.3 is 0 Å². The molecule has 0 aliphatic rings. The lowest BCUT2D eigenvalue weighted by molar-refractivity contribution is -0.125. The quantitative estimate of drug-likeness (QED) is 0.759. The molecule has 0 radical (unpaired) electrons. The summed E-state index contributed by atoms with van der Waals surface area (Å²) in [5.74, 6) is -0.594. The molecule has 0 aromatic carbocycles. The van der Waals surface area contributed by atoms with E-state index >= 15 is 0 Å². The van der Waals surface area contributed by atoms with Crippen LogP contribution < -0.4 is 10.6 Å². The van der Waals surface area contributed by atoms with Gasteiger partial charge in [-0.1, -0.05) is 6.07 Å². The number of nitrogens with one attached hydrogen (secondary N) is 2. The second kappa shape index (κ2) is 6.16. The summed E-state index contributed by atoms with van der Waals surface area (Å²) in [7, 11) is 0. The van der Waals surface area contributed by atoms with E-state index in [0.29, 0.717) is 4.88 Å². The molecule has 106 valence electrons. The molecular formula is C13H20N2O3S. The smallest absolute Gasteiger partial charge is 0.261 e. The maximum absolute atomic E-state index is 11.9. The number of aliphatic hydroxyl groups is 1. The Balaban J connectivity index is 2.56. The summed E-state index contributed by atoms with van der Waals surface area (Å²) in [5, 5.41) is 16.7. The normalized spacial score (nSPS) is 14.6. The Bertz CT molecular complexity index is 441. The molecule has 0 aliphatic heterocycles. The van der Waals surface area contributed by atoms with Crippen molar-refractivity contribution in [3.8, 4) is 0 Å². The highest BCUT2D eigenvalue weighted by atomic mass is 32.1. The summed E-state index contributed by atoms with van der Waals surface area (Å²) in [6, 6.07) is 2.82. The lowest BCUT2D eigenvalue weighted by Gasteiger charge is -2.30. The number of carbonyl (C=O) groups is 2. The Labute approximate surface area is 117 Å². The largest absolute Gasteiger partial charge is 0.391 e. The molecule has 0 saturated carbocycles. The zero-order valence-electron chi connectivity index (χ0n) is 11.6. The average molecular weight is 284 g/mol. The first-order valence-electron chi connectivity index (χ1n) is 6.08. The third kappa shape index (κ3) is 4.33. The summed E-state index contributed by atoms with van der Waals surface area (Å²) < 4.78 is 0. The van der Waals surface area contributed by atoms with Gasteiger partial charge in [-0.3, -0.25) is 9.59 Å². The van der Waals surface area contributed by atoms with E-state index in [2.05, 4.69) is 10.6 Å². The Morgan fingerprint density at radius 2 is 2.00 bits per heavy atom. The van der Waals surface area contributed by atoms with Gasteiger partial charge in [-0.05, 0) is 39.1 Å². The lowest BCUT2D eigenvalue weighted by Crippen LogP contribution is -2.56. The summed E-state index contributed by atoms with van der Waals surface area (Å²) in [5.41, 5.74) is -0.737. The first-order valence-corrected chi connectivity index (χ1v) is 6.96. The van der Waals surface area contributed by atoms with Crippen LogP contribution in [0.3, 0.4) is 0 Å². The molecule has 2 amide bonds. The van der Waals surface area contributed by atoms with Gasteiger partial charge in [-0.15, -0.1) is 11.3 Å². The molecule has 0 spiro atoms. The summed E-state index contributed by atoms with van der Waals surface area (Å²) in [6.45, 7) is 6.67. The van der Waals surface area contributed by atoms with Crippen LogP contribution in [0.15, 0.2) is 17.5 Å². The number of aliphatic hydroxyl groups excluding tert-OH is 1.